The van der Waals surface area contributed by atoms with E-state index < -0.39 is 11.2 Å². The van der Waals surface area contributed by atoms with Gasteiger partial charge in [-0.1, -0.05) is 34.8 Å². The van der Waals surface area contributed by atoms with E-state index in [1.54, 1.807) is 24.0 Å². The number of hydrogen-bond donors (Lipinski definition) is 0. The molecule has 6 rings (SSSR count). The van der Waals surface area contributed by atoms with Gasteiger partial charge in [-0.05, 0) is 91.5 Å². The number of hydrogen-bond acceptors (Lipinski definition) is 14. The van der Waals surface area contributed by atoms with Crippen molar-refractivity contribution in [2.75, 3.05) is 53.7 Å². The van der Waals surface area contributed by atoms with E-state index in [1.807, 2.05) is 77.9 Å². The van der Waals surface area contributed by atoms with Gasteiger partial charge in [-0.3, -0.25) is 9.80 Å². The molecule has 0 bridgehead atoms. The van der Waals surface area contributed by atoms with Crippen molar-refractivity contribution in [3.8, 4) is 43.8 Å². The zero-order valence-electron chi connectivity index (χ0n) is 33.5. The first kappa shape index (κ1) is 41.3. The Labute approximate surface area is 336 Å². The van der Waals surface area contributed by atoms with Crippen molar-refractivity contribution < 1.29 is 38.0 Å². The second kappa shape index (κ2) is 17.8. The zero-order valence-corrected chi connectivity index (χ0v) is 35.1. The van der Waals surface area contributed by atoms with Gasteiger partial charge in [0, 0.05) is 49.6 Å². The van der Waals surface area contributed by atoms with E-state index >= 15 is 0 Å². The van der Waals surface area contributed by atoms with Gasteiger partial charge in [-0.15, -0.1) is 20.4 Å². The van der Waals surface area contributed by atoms with Gasteiger partial charge in [0.1, 0.15) is 55.9 Å². The standard InChI is InChI=1S/C40H52N6O8S2/c1-39(2,3)53-37(47)45-17-9-11-29(45)35-43-41-33(55-35)25-13-15-27(31(23-25)51-21-19-49-7)28-16-14-26(24-32(28)52-22-20-50-8)34-42-44-36(56-34)30-12-10-18-46(30)38(48)54-40(4,5)6/h13-16,23-24,29-30H,9-12,17-22H2,1-8H3/t29-,30-/m0/s1. The van der Waals surface area contributed by atoms with Crippen molar-refractivity contribution in [2.24, 2.45) is 0 Å². The second-order valence-corrected chi connectivity index (χ2v) is 17.7. The molecule has 0 radical (unpaired) electrons. The van der Waals surface area contributed by atoms with Gasteiger partial charge < -0.3 is 28.4 Å². The van der Waals surface area contributed by atoms with Crippen LogP contribution in [0.4, 0.5) is 9.59 Å². The highest BCUT2D eigenvalue weighted by Crippen LogP contribution is 2.44. The van der Waals surface area contributed by atoms with Crippen molar-refractivity contribution in [1.82, 2.24) is 30.2 Å². The first-order valence-electron chi connectivity index (χ1n) is 18.9. The molecule has 2 aromatic heterocycles. The van der Waals surface area contributed by atoms with E-state index in [9.17, 15) is 9.59 Å². The number of methoxy groups -OCH3 is 2. The Balaban J connectivity index is 1.29. The Morgan fingerprint density at radius 1 is 0.643 bits per heavy atom. The normalized spacial score (nSPS) is 17.4. The third kappa shape index (κ3) is 10.1. The number of rotatable bonds is 13. The summed E-state index contributed by atoms with van der Waals surface area (Å²) >= 11 is 2.92. The van der Waals surface area contributed by atoms with Crippen LogP contribution in [0.5, 0.6) is 11.5 Å². The van der Waals surface area contributed by atoms with Crippen LogP contribution >= 0.6 is 22.7 Å². The van der Waals surface area contributed by atoms with Crippen molar-refractivity contribution >= 4 is 34.9 Å². The van der Waals surface area contributed by atoms with Gasteiger partial charge in [-0.25, -0.2) is 9.59 Å². The molecule has 0 N–H and O–H groups in total. The van der Waals surface area contributed by atoms with Crippen LogP contribution in [0.1, 0.15) is 89.3 Å². The average molecular weight is 809 g/mol. The molecular weight excluding hydrogens is 757 g/mol. The number of likely N-dealkylation sites (tertiary alicyclic amines) is 2. The van der Waals surface area contributed by atoms with Gasteiger partial charge in [0.15, 0.2) is 0 Å². The molecule has 2 fully saturated rings. The highest BCUT2D eigenvalue weighted by Gasteiger charge is 2.37. The van der Waals surface area contributed by atoms with Gasteiger partial charge in [-0.2, -0.15) is 0 Å². The van der Waals surface area contributed by atoms with Crippen molar-refractivity contribution in [2.45, 2.75) is 90.5 Å². The molecular formula is C40H52N6O8S2. The molecule has 2 amide bonds. The molecule has 2 aliphatic rings. The molecule has 2 atom stereocenters. The molecule has 302 valence electrons. The summed E-state index contributed by atoms with van der Waals surface area (Å²) in [4.78, 5) is 29.5. The van der Waals surface area contributed by atoms with E-state index in [2.05, 4.69) is 20.4 Å². The summed E-state index contributed by atoms with van der Waals surface area (Å²) < 4.78 is 34.6. The fourth-order valence-electron chi connectivity index (χ4n) is 6.56. The van der Waals surface area contributed by atoms with E-state index in [4.69, 9.17) is 28.4 Å². The molecule has 0 spiro atoms. The van der Waals surface area contributed by atoms with Gasteiger partial charge in [0.05, 0.1) is 25.3 Å². The molecule has 2 aromatic carbocycles. The van der Waals surface area contributed by atoms with Crippen molar-refractivity contribution in [3.05, 3.63) is 46.4 Å². The van der Waals surface area contributed by atoms with Gasteiger partial charge in [0.2, 0.25) is 0 Å². The van der Waals surface area contributed by atoms with Crippen LogP contribution in [0.2, 0.25) is 0 Å². The lowest BCUT2D eigenvalue weighted by molar-refractivity contribution is 0.0213. The number of carbonyl (C=O) groups excluding carboxylic acids is 2. The van der Waals surface area contributed by atoms with Crippen LogP contribution < -0.4 is 9.47 Å². The summed E-state index contributed by atoms with van der Waals surface area (Å²) in [7, 11) is 3.27. The van der Waals surface area contributed by atoms with Crippen molar-refractivity contribution in [3.63, 3.8) is 0 Å². The van der Waals surface area contributed by atoms with E-state index in [0.29, 0.717) is 61.0 Å². The average Bonchev–Trinajstić information content (AvgIpc) is 3.97. The molecule has 0 aliphatic carbocycles. The van der Waals surface area contributed by atoms with Crippen LogP contribution in [0.3, 0.4) is 0 Å². The molecule has 16 heteroatoms. The fraction of sp³-hybridized carbons (Fsp3) is 0.550. The number of carbonyl (C=O) groups is 2. The minimum absolute atomic E-state index is 0.190. The summed E-state index contributed by atoms with van der Waals surface area (Å²) in [6, 6.07) is 11.5. The minimum Gasteiger partial charge on any atom is -0.491 e. The van der Waals surface area contributed by atoms with Crippen LogP contribution in [-0.4, -0.2) is 107 Å². The molecule has 4 heterocycles. The lowest BCUT2D eigenvalue weighted by Gasteiger charge is -2.27. The number of amides is 2. The maximum atomic E-state index is 13.0. The molecule has 56 heavy (non-hydrogen) atoms. The topological polar surface area (TPSA) is 148 Å². The smallest absolute Gasteiger partial charge is 0.410 e. The Morgan fingerprint density at radius 2 is 1.05 bits per heavy atom. The third-order valence-electron chi connectivity index (χ3n) is 9.05. The highest BCUT2D eigenvalue weighted by atomic mass is 32.1. The predicted octanol–water partition coefficient (Wildman–Crippen LogP) is 8.59. The molecule has 0 saturated carbocycles. The maximum absolute atomic E-state index is 13.0. The first-order valence-corrected chi connectivity index (χ1v) is 20.6. The van der Waals surface area contributed by atoms with Crippen LogP contribution in [0, 0.1) is 0 Å². The molecule has 14 nitrogen and oxygen atoms in total. The largest absolute Gasteiger partial charge is 0.491 e. The highest BCUT2D eigenvalue weighted by molar-refractivity contribution is 7.15. The SMILES string of the molecule is COCCOc1cc(-c2nnc([C@@H]3CCCN3C(=O)OC(C)(C)C)s2)ccc1-c1ccc(-c2nnc([C@@H]3CCCN3C(=O)OC(C)(C)C)s2)cc1OCCOC. The number of ether oxygens (including phenoxy) is 6. The van der Waals surface area contributed by atoms with Gasteiger partial charge in [0.25, 0.3) is 0 Å². The number of benzene rings is 2. The zero-order chi connectivity index (χ0) is 40.0. The molecule has 0 unspecified atom stereocenters. The lowest BCUT2D eigenvalue weighted by atomic mass is 10.00. The van der Waals surface area contributed by atoms with Crippen molar-refractivity contribution in [1.29, 1.82) is 0 Å². The maximum Gasteiger partial charge on any atom is 0.410 e. The monoisotopic (exact) mass is 808 g/mol. The van der Waals surface area contributed by atoms with E-state index in [-0.39, 0.29) is 24.3 Å². The molecule has 2 saturated heterocycles. The fourth-order valence-corrected chi connectivity index (χ4v) is 8.54. The van der Waals surface area contributed by atoms with E-state index in [0.717, 1.165) is 58.0 Å². The Kier molecular flexibility index (Phi) is 13.1. The Morgan fingerprint density at radius 3 is 1.43 bits per heavy atom. The van der Waals surface area contributed by atoms with Crippen LogP contribution in [0.15, 0.2) is 36.4 Å². The predicted molar refractivity (Wildman–Crippen MR) is 214 cm³/mol. The number of aromatic nitrogens is 4. The summed E-state index contributed by atoms with van der Waals surface area (Å²) in [5.74, 6) is 1.25. The number of nitrogens with zero attached hydrogens (tertiary/aromatic N) is 6. The Bertz CT molecular complexity index is 1830. The quantitative estimate of drug-likeness (QED) is 0.119. The van der Waals surface area contributed by atoms with Crippen LogP contribution in [0.25, 0.3) is 32.3 Å². The Hall–Kier alpha value is -4.38. The summed E-state index contributed by atoms with van der Waals surface area (Å²) in [6.07, 6.45) is 2.65. The first-order chi connectivity index (χ1) is 26.7. The van der Waals surface area contributed by atoms with E-state index in [1.165, 1.54) is 22.7 Å². The molecule has 2 aliphatic heterocycles. The van der Waals surface area contributed by atoms with Gasteiger partial charge >= 0.3 is 12.2 Å². The second-order valence-electron chi connectivity index (χ2n) is 15.7. The van der Waals surface area contributed by atoms with Crippen LogP contribution in [-0.2, 0) is 18.9 Å². The third-order valence-corrected chi connectivity index (χ3v) is 11.2. The summed E-state index contributed by atoms with van der Waals surface area (Å²) in [6.45, 7) is 13.9. The summed E-state index contributed by atoms with van der Waals surface area (Å²) in [5.41, 5.74) is 2.12. The molecule has 4 aromatic rings. The lowest BCUT2D eigenvalue weighted by Crippen LogP contribution is -2.36. The minimum atomic E-state index is -0.587. The summed E-state index contributed by atoms with van der Waals surface area (Å²) in [5, 5.41) is 21.1.